The second kappa shape index (κ2) is 1.51. The highest BCUT2D eigenvalue weighted by molar-refractivity contribution is 4.96. The molecule has 1 rings (SSSR count). The Kier molecular flexibility index (Phi) is 0.970. The smallest absolute Gasteiger partial charge is 0.337 e. The van der Waals surface area contributed by atoms with Gasteiger partial charge in [0.05, 0.1) is 5.56 Å². The van der Waals surface area contributed by atoms with Crippen LogP contribution in [0.4, 0.5) is 0 Å². The average Bonchev–Trinajstić information content (AvgIpc) is 1.85. The molecule has 0 amide bonds. The van der Waals surface area contributed by atoms with E-state index in [4.69, 9.17) is 0 Å². The van der Waals surface area contributed by atoms with Crippen LogP contribution in [0, 0.1) is 6.92 Å². The molecule has 0 spiro atoms. The van der Waals surface area contributed by atoms with Gasteiger partial charge in [0.2, 0.25) is 0 Å². The molecule has 1 aromatic heterocycles. The van der Waals surface area contributed by atoms with E-state index in [-0.39, 0.29) is 5.63 Å². The maximum absolute atomic E-state index is 10.5. The van der Waals surface area contributed by atoms with Gasteiger partial charge in [0.15, 0.2) is 0 Å². The fraction of sp³-hybridized carbons (Fsp3) is 0.400. The molecule has 3 heteroatoms. The highest BCUT2D eigenvalue weighted by Crippen LogP contribution is 1.84. The Hall–Kier alpha value is -0.990. The second-order valence-corrected chi connectivity index (χ2v) is 1.74. The quantitative estimate of drug-likeness (QED) is 0.484. The van der Waals surface area contributed by atoms with E-state index in [2.05, 4.69) is 4.52 Å². The van der Waals surface area contributed by atoms with E-state index in [9.17, 15) is 4.79 Å². The molecule has 1 aromatic rings. The summed E-state index contributed by atoms with van der Waals surface area (Å²) in [6.07, 6.45) is 1.64. The molecule has 44 valence electrons. The maximum atomic E-state index is 10.5. The summed E-state index contributed by atoms with van der Waals surface area (Å²) in [5.74, 6) is 0. The van der Waals surface area contributed by atoms with E-state index in [0.29, 0.717) is 5.56 Å². The molecule has 0 unspecified atom stereocenters. The SMILES string of the molecule is Cc1cn(C)oc1=O. The first kappa shape index (κ1) is 5.15. The average molecular weight is 113 g/mol. The molecule has 0 saturated carbocycles. The van der Waals surface area contributed by atoms with Gasteiger partial charge in [-0.1, -0.05) is 0 Å². The fourth-order valence-corrected chi connectivity index (χ4v) is 0.555. The second-order valence-electron chi connectivity index (χ2n) is 1.74. The lowest BCUT2D eigenvalue weighted by atomic mass is 10.4. The zero-order valence-corrected chi connectivity index (χ0v) is 4.84. The molecule has 3 nitrogen and oxygen atoms in total. The van der Waals surface area contributed by atoms with E-state index in [0.717, 1.165) is 0 Å². The normalized spacial score (nSPS) is 9.75. The summed E-state index contributed by atoms with van der Waals surface area (Å²) in [4.78, 5) is 10.5. The van der Waals surface area contributed by atoms with Crippen LogP contribution in [0.1, 0.15) is 5.56 Å². The van der Waals surface area contributed by atoms with Gasteiger partial charge < -0.3 is 4.52 Å². The van der Waals surface area contributed by atoms with Gasteiger partial charge in [0.25, 0.3) is 0 Å². The van der Waals surface area contributed by atoms with Crippen LogP contribution < -0.4 is 5.63 Å². The van der Waals surface area contributed by atoms with Crippen LogP contribution in [0.5, 0.6) is 0 Å². The molecule has 0 radical (unpaired) electrons. The topological polar surface area (TPSA) is 35.1 Å². The highest BCUT2D eigenvalue weighted by atomic mass is 16.5. The van der Waals surface area contributed by atoms with Gasteiger partial charge >= 0.3 is 5.63 Å². The molecule has 0 aliphatic carbocycles. The zero-order chi connectivity index (χ0) is 6.15. The van der Waals surface area contributed by atoms with Crippen molar-refractivity contribution in [3.63, 3.8) is 0 Å². The lowest BCUT2D eigenvalue weighted by molar-refractivity contribution is 0.285. The first-order valence-corrected chi connectivity index (χ1v) is 2.33. The molecule has 0 bridgehead atoms. The monoisotopic (exact) mass is 113 g/mol. The van der Waals surface area contributed by atoms with Crippen LogP contribution in [0.3, 0.4) is 0 Å². The van der Waals surface area contributed by atoms with Crippen molar-refractivity contribution in [3.05, 3.63) is 22.2 Å². The van der Waals surface area contributed by atoms with E-state index in [1.165, 1.54) is 4.74 Å². The van der Waals surface area contributed by atoms with Crippen LogP contribution in [0.2, 0.25) is 0 Å². The van der Waals surface area contributed by atoms with Crippen LogP contribution in [0.15, 0.2) is 15.5 Å². The summed E-state index contributed by atoms with van der Waals surface area (Å²) >= 11 is 0. The largest absolute Gasteiger partial charge is 0.360 e. The van der Waals surface area contributed by atoms with Crippen molar-refractivity contribution in [1.82, 2.24) is 4.74 Å². The third kappa shape index (κ3) is 0.665. The molecule has 0 N–H and O–H groups in total. The predicted molar refractivity (Wildman–Crippen MR) is 28.7 cm³/mol. The van der Waals surface area contributed by atoms with Crippen molar-refractivity contribution in [1.29, 1.82) is 0 Å². The van der Waals surface area contributed by atoms with Gasteiger partial charge in [0, 0.05) is 13.2 Å². The molecule has 0 aliphatic heterocycles. The lowest BCUT2D eigenvalue weighted by Crippen LogP contribution is -1.94. The Labute approximate surface area is 46.5 Å². The van der Waals surface area contributed by atoms with Crippen molar-refractivity contribution in [3.8, 4) is 0 Å². The predicted octanol–water partition coefficient (Wildman–Crippen LogP) is 0.287. The molecule has 0 atom stereocenters. The Morgan fingerprint density at radius 1 is 1.75 bits per heavy atom. The number of hydrogen-bond acceptors (Lipinski definition) is 2. The maximum Gasteiger partial charge on any atom is 0.360 e. The molecule has 0 aliphatic rings. The Morgan fingerprint density at radius 2 is 2.38 bits per heavy atom. The van der Waals surface area contributed by atoms with Crippen molar-refractivity contribution in [2.75, 3.05) is 0 Å². The first-order chi connectivity index (χ1) is 3.70. The fourth-order valence-electron chi connectivity index (χ4n) is 0.555. The van der Waals surface area contributed by atoms with Crippen molar-refractivity contribution >= 4 is 0 Å². The van der Waals surface area contributed by atoms with Gasteiger partial charge in [-0.3, -0.25) is 0 Å². The van der Waals surface area contributed by atoms with Gasteiger partial charge in [-0.25, -0.2) is 9.53 Å². The molecule has 0 fully saturated rings. The van der Waals surface area contributed by atoms with Gasteiger partial charge in [0.1, 0.15) is 0 Å². The third-order valence-corrected chi connectivity index (χ3v) is 0.924. The minimum Gasteiger partial charge on any atom is -0.337 e. The highest BCUT2D eigenvalue weighted by Gasteiger charge is 1.94. The van der Waals surface area contributed by atoms with Crippen LogP contribution in [-0.4, -0.2) is 4.74 Å². The summed E-state index contributed by atoms with van der Waals surface area (Å²) < 4.78 is 5.96. The van der Waals surface area contributed by atoms with Gasteiger partial charge in [-0.15, -0.1) is 0 Å². The molecular formula is C5H7NO2. The molecule has 0 saturated heterocycles. The summed E-state index contributed by atoms with van der Waals surface area (Å²) in [5, 5.41) is 0. The summed E-state index contributed by atoms with van der Waals surface area (Å²) in [6, 6.07) is 0. The Morgan fingerprint density at radius 3 is 2.50 bits per heavy atom. The molecular weight excluding hydrogens is 106 g/mol. The van der Waals surface area contributed by atoms with Crippen LogP contribution in [0.25, 0.3) is 0 Å². The minimum atomic E-state index is -0.257. The standard InChI is InChI=1S/C5H7NO2/c1-4-3-6(2)8-5(4)7/h3H,1-2H3. The zero-order valence-electron chi connectivity index (χ0n) is 4.84. The molecule has 0 aromatic carbocycles. The number of aryl methyl sites for hydroxylation is 2. The van der Waals surface area contributed by atoms with E-state index in [1.807, 2.05) is 0 Å². The third-order valence-electron chi connectivity index (χ3n) is 0.924. The van der Waals surface area contributed by atoms with E-state index >= 15 is 0 Å². The van der Waals surface area contributed by atoms with E-state index < -0.39 is 0 Å². The van der Waals surface area contributed by atoms with Crippen molar-refractivity contribution in [2.45, 2.75) is 6.92 Å². The van der Waals surface area contributed by atoms with Gasteiger partial charge in [-0.2, -0.15) is 0 Å². The number of hydrogen-bond donors (Lipinski definition) is 0. The van der Waals surface area contributed by atoms with Crippen molar-refractivity contribution in [2.24, 2.45) is 7.05 Å². The summed E-state index contributed by atoms with van der Waals surface area (Å²) in [7, 11) is 1.68. The number of rotatable bonds is 0. The molecule has 1 heterocycles. The summed E-state index contributed by atoms with van der Waals surface area (Å²) in [6.45, 7) is 1.71. The summed E-state index contributed by atoms with van der Waals surface area (Å²) in [5.41, 5.74) is 0.389. The van der Waals surface area contributed by atoms with Crippen LogP contribution >= 0.6 is 0 Å². The number of nitrogens with zero attached hydrogens (tertiary/aromatic N) is 1. The first-order valence-electron chi connectivity index (χ1n) is 2.33. The Bertz CT molecular complexity index is 233. The minimum absolute atomic E-state index is 0.257. The van der Waals surface area contributed by atoms with Crippen LogP contribution in [-0.2, 0) is 7.05 Å². The number of aromatic nitrogens is 1. The van der Waals surface area contributed by atoms with Gasteiger partial charge in [-0.05, 0) is 6.92 Å². The van der Waals surface area contributed by atoms with Crippen molar-refractivity contribution < 1.29 is 4.52 Å². The Balaban J connectivity index is 3.35. The van der Waals surface area contributed by atoms with E-state index in [1.54, 1.807) is 20.2 Å². The molecule has 8 heavy (non-hydrogen) atoms. The lowest BCUT2D eigenvalue weighted by Gasteiger charge is -1.77.